The monoisotopic (exact) mass is 275 g/mol. The van der Waals surface area contributed by atoms with Crippen LogP contribution in [0.15, 0.2) is 18.2 Å². The van der Waals surface area contributed by atoms with Gasteiger partial charge in [-0.05, 0) is 12.5 Å². The fourth-order valence-electron chi connectivity index (χ4n) is 2.17. The van der Waals surface area contributed by atoms with Crippen molar-refractivity contribution in [3.05, 3.63) is 33.8 Å². The van der Waals surface area contributed by atoms with Crippen LogP contribution in [-0.2, 0) is 4.74 Å². The van der Waals surface area contributed by atoms with Crippen LogP contribution in [0.2, 0.25) is 10.0 Å². The van der Waals surface area contributed by atoms with Crippen molar-refractivity contribution < 1.29 is 9.84 Å². The molecule has 0 bridgehead atoms. The Kier molecular flexibility index (Phi) is 3.95. The summed E-state index contributed by atoms with van der Waals surface area (Å²) >= 11 is 12.1. The highest BCUT2D eigenvalue weighted by molar-refractivity contribution is 6.42. The number of aliphatic hydroxyl groups excluding tert-OH is 1. The molecule has 94 valence electrons. The van der Waals surface area contributed by atoms with Gasteiger partial charge in [-0.3, -0.25) is 0 Å². The van der Waals surface area contributed by atoms with Gasteiger partial charge >= 0.3 is 0 Å². The maximum Gasteiger partial charge on any atom is 0.0896 e. The SMILES string of the molecule is NCC1(C(O)c2cccc(Cl)c2Cl)CCOC1. The number of halogens is 2. The second-order valence-electron chi connectivity index (χ2n) is 4.41. The summed E-state index contributed by atoms with van der Waals surface area (Å²) in [6.45, 7) is 1.43. The Hall–Kier alpha value is -0.320. The first-order valence-corrected chi connectivity index (χ1v) is 6.26. The summed E-state index contributed by atoms with van der Waals surface area (Å²) in [7, 11) is 0. The molecule has 1 aromatic rings. The van der Waals surface area contributed by atoms with Gasteiger partial charge in [-0.1, -0.05) is 35.3 Å². The van der Waals surface area contributed by atoms with E-state index in [-0.39, 0.29) is 0 Å². The number of hydrogen-bond donors (Lipinski definition) is 2. The second-order valence-corrected chi connectivity index (χ2v) is 5.20. The van der Waals surface area contributed by atoms with Gasteiger partial charge in [0.25, 0.3) is 0 Å². The lowest BCUT2D eigenvalue weighted by molar-refractivity contribution is 0.0191. The van der Waals surface area contributed by atoms with E-state index in [1.807, 2.05) is 0 Å². The van der Waals surface area contributed by atoms with Crippen molar-refractivity contribution in [2.75, 3.05) is 19.8 Å². The molecule has 1 aliphatic heterocycles. The van der Waals surface area contributed by atoms with E-state index in [1.165, 1.54) is 0 Å². The van der Waals surface area contributed by atoms with Crippen molar-refractivity contribution >= 4 is 23.2 Å². The summed E-state index contributed by atoms with van der Waals surface area (Å²) < 4.78 is 5.35. The zero-order valence-electron chi connectivity index (χ0n) is 9.33. The Labute approximate surface area is 110 Å². The molecule has 0 saturated carbocycles. The molecule has 1 heterocycles. The first-order valence-electron chi connectivity index (χ1n) is 5.50. The Morgan fingerprint density at radius 2 is 2.24 bits per heavy atom. The number of hydrogen-bond acceptors (Lipinski definition) is 3. The largest absolute Gasteiger partial charge is 0.388 e. The van der Waals surface area contributed by atoms with E-state index in [1.54, 1.807) is 18.2 Å². The lowest BCUT2D eigenvalue weighted by Gasteiger charge is -2.32. The predicted octanol–water partition coefficient (Wildman–Crippen LogP) is 2.39. The Morgan fingerprint density at radius 1 is 1.47 bits per heavy atom. The molecule has 5 heteroatoms. The van der Waals surface area contributed by atoms with Crippen LogP contribution in [-0.4, -0.2) is 24.9 Å². The van der Waals surface area contributed by atoms with Crippen molar-refractivity contribution in [3.63, 3.8) is 0 Å². The third-order valence-electron chi connectivity index (χ3n) is 3.40. The van der Waals surface area contributed by atoms with Crippen LogP contribution in [0, 0.1) is 5.41 Å². The minimum Gasteiger partial charge on any atom is -0.388 e. The minimum absolute atomic E-state index is 0.358. The minimum atomic E-state index is -0.749. The van der Waals surface area contributed by atoms with E-state index in [2.05, 4.69) is 0 Å². The smallest absolute Gasteiger partial charge is 0.0896 e. The predicted molar refractivity (Wildman–Crippen MR) is 68.3 cm³/mol. The molecule has 1 aliphatic rings. The van der Waals surface area contributed by atoms with Gasteiger partial charge in [-0.25, -0.2) is 0 Å². The van der Waals surface area contributed by atoms with Crippen LogP contribution in [0.5, 0.6) is 0 Å². The molecule has 0 aromatic heterocycles. The van der Waals surface area contributed by atoms with Crippen molar-refractivity contribution in [2.45, 2.75) is 12.5 Å². The van der Waals surface area contributed by atoms with Gasteiger partial charge in [-0.2, -0.15) is 0 Å². The van der Waals surface area contributed by atoms with Gasteiger partial charge in [0.1, 0.15) is 0 Å². The molecule has 0 radical (unpaired) electrons. The summed E-state index contributed by atoms with van der Waals surface area (Å²) in [5.41, 5.74) is 5.95. The summed E-state index contributed by atoms with van der Waals surface area (Å²) in [6.07, 6.45) is -0.0192. The van der Waals surface area contributed by atoms with Crippen LogP contribution in [0.4, 0.5) is 0 Å². The van der Waals surface area contributed by atoms with Crippen LogP contribution in [0.3, 0.4) is 0 Å². The van der Waals surface area contributed by atoms with Gasteiger partial charge in [-0.15, -0.1) is 0 Å². The number of aliphatic hydroxyl groups is 1. The van der Waals surface area contributed by atoms with Crippen LogP contribution in [0.25, 0.3) is 0 Å². The van der Waals surface area contributed by atoms with Crippen LogP contribution >= 0.6 is 23.2 Å². The van der Waals surface area contributed by atoms with Gasteiger partial charge in [0, 0.05) is 24.1 Å². The molecule has 3 nitrogen and oxygen atoms in total. The van der Waals surface area contributed by atoms with Crippen LogP contribution in [0.1, 0.15) is 18.1 Å². The van der Waals surface area contributed by atoms with Gasteiger partial charge in [0.15, 0.2) is 0 Å². The van der Waals surface area contributed by atoms with Crippen LogP contribution < -0.4 is 5.73 Å². The summed E-state index contributed by atoms with van der Waals surface area (Å²) in [5.74, 6) is 0. The van der Waals surface area contributed by atoms with E-state index < -0.39 is 11.5 Å². The molecule has 1 fully saturated rings. The molecule has 1 saturated heterocycles. The average molecular weight is 276 g/mol. The maximum absolute atomic E-state index is 10.5. The average Bonchev–Trinajstić information content (AvgIpc) is 2.82. The highest BCUT2D eigenvalue weighted by Gasteiger charge is 2.42. The lowest BCUT2D eigenvalue weighted by Crippen LogP contribution is -2.37. The Morgan fingerprint density at radius 3 is 2.82 bits per heavy atom. The zero-order valence-corrected chi connectivity index (χ0v) is 10.8. The summed E-state index contributed by atoms with van der Waals surface area (Å²) in [5, 5.41) is 11.3. The number of rotatable bonds is 3. The molecule has 17 heavy (non-hydrogen) atoms. The maximum atomic E-state index is 10.5. The normalized spacial score (nSPS) is 26.1. The number of nitrogens with two attached hydrogens (primary N) is 1. The van der Waals surface area contributed by atoms with E-state index in [0.717, 1.165) is 6.42 Å². The van der Waals surface area contributed by atoms with E-state index in [0.29, 0.717) is 35.4 Å². The molecular weight excluding hydrogens is 261 g/mol. The zero-order chi connectivity index (χ0) is 12.5. The molecule has 0 amide bonds. The van der Waals surface area contributed by atoms with Gasteiger partial charge < -0.3 is 15.6 Å². The molecule has 2 unspecified atom stereocenters. The van der Waals surface area contributed by atoms with E-state index in [9.17, 15) is 5.11 Å². The standard InChI is InChI=1S/C12H15Cl2NO2/c13-9-3-1-2-8(10(9)14)11(16)12(6-15)4-5-17-7-12/h1-3,11,16H,4-7,15H2. The quantitative estimate of drug-likeness (QED) is 0.891. The highest BCUT2D eigenvalue weighted by Crippen LogP contribution is 2.43. The third kappa shape index (κ3) is 2.30. The van der Waals surface area contributed by atoms with E-state index in [4.69, 9.17) is 33.7 Å². The van der Waals surface area contributed by atoms with E-state index >= 15 is 0 Å². The molecule has 2 rings (SSSR count). The topological polar surface area (TPSA) is 55.5 Å². The number of benzene rings is 1. The lowest BCUT2D eigenvalue weighted by atomic mass is 9.78. The van der Waals surface area contributed by atoms with Crippen molar-refractivity contribution in [3.8, 4) is 0 Å². The molecule has 3 N–H and O–H groups in total. The fourth-order valence-corrected chi connectivity index (χ4v) is 2.58. The highest BCUT2D eigenvalue weighted by atomic mass is 35.5. The Bertz CT molecular complexity index is 405. The Balaban J connectivity index is 2.35. The van der Waals surface area contributed by atoms with Gasteiger partial charge in [0.05, 0.1) is 22.8 Å². The van der Waals surface area contributed by atoms with Crippen molar-refractivity contribution in [1.82, 2.24) is 0 Å². The number of ether oxygens (including phenoxy) is 1. The summed E-state index contributed by atoms with van der Waals surface area (Å²) in [6, 6.07) is 5.24. The molecule has 0 spiro atoms. The molecule has 1 aromatic carbocycles. The molecular formula is C12H15Cl2NO2. The first kappa shape index (κ1) is 13.1. The first-order chi connectivity index (χ1) is 8.10. The van der Waals surface area contributed by atoms with Gasteiger partial charge in [0.2, 0.25) is 0 Å². The second kappa shape index (κ2) is 5.12. The van der Waals surface area contributed by atoms with Crippen molar-refractivity contribution in [1.29, 1.82) is 0 Å². The summed E-state index contributed by atoms with van der Waals surface area (Å²) in [4.78, 5) is 0. The molecule has 2 atom stereocenters. The van der Waals surface area contributed by atoms with Crippen molar-refractivity contribution in [2.24, 2.45) is 11.1 Å². The molecule has 0 aliphatic carbocycles. The third-order valence-corrected chi connectivity index (χ3v) is 4.23. The fraction of sp³-hybridized carbons (Fsp3) is 0.500.